The Bertz CT molecular complexity index is 651. The van der Waals surface area contributed by atoms with Gasteiger partial charge in [-0.2, -0.15) is 0 Å². The first-order valence-electron chi connectivity index (χ1n) is 10.6. The van der Waals surface area contributed by atoms with Gasteiger partial charge in [-0.15, -0.1) is 0 Å². The third kappa shape index (κ3) is 2.84. The van der Waals surface area contributed by atoms with Crippen LogP contribution in [0, 0.1) is 11.8 Å². The van der Waals surface area contributed by atoms with E-state index in [0.717, 1.165) is 56.1 Å². The molecule has 1 aromatic rings. The second-order valence-corrected chi connectivity index (χ2v) is 8.94. The van der Waals surface area contributed by atoms with E-state index in [-0.39, 0.29) is 0 Å². The molecule has 5 rings (SSSR count). The van der Waals surface area contributed by atoms with Crippen molar-refractivity contribution in [3.05, 3.63) is 12.3 Å². The monoisotopic (exact) mass is 356 g/mol. The number of anilines is 2. The van der Waals surface area contributed by atoms with Gasteiger partial charge in [0, 0.05) is 57.3 Å². The largest absolute Gasteiger partial charge is 0.490 e. The van der Waals surface area contributed by atoms with Gasteiger partial charge in [0.05, 0.1) is 18.5 Å². The zero-order valence-corrected chi connectivity index (χ0v) is 16.2. The molecule has 142 valence electrons. The van der Waals surface area contributed by atoms with Crippen LogP contribution in [-0.4, -0.2) is 61.3 Å². The summed E-state index contributed by atoms with van der Waals surface area (Å²) in [6.45, 7) is 11.1. The number of nitrogens with zero attached hydrogens (tertiary/aromatic N) is 4. The minimum atomic E-state index is 0.525. The molecule has 2 saturated heterocycles. The van der Waals surface area contributed by atoms with Crippen LogP contribution in [0.5, 0.6) is 5.75 Å². The number of rotatable bonds is 2. The molecule has 0 radical (unpaired) electrons. The molecule has 1 aliphatic carbocycles. The van der Waals surface area contributed by atoms with E-state index in [1.54, 1.807) is 0 Å². The summed E-state index contributed by atoms with van der Waals surface area (Å²) in [5, 5.41) is 0. The van der Waals surface area contributed by atoms with Crippen molar-refractivity contribution in [2.45, 2.75) is 51.6 Å². The highest BCUT2D eigenvalue weighted by atomic mass is 16.5. The Labute approximate surface area is 157 Å². The zero-order chi connectivity index (χ0) is 17.7. The Morgan fingerprint density at radius 2 is 1.88 bits per heavy atom. The third-order valence-corrected chi connectivity index (χ3v) is 7.14. The number of ether oxygens (including phenoxy) is 1. The van der Waals surface area contributed by atoms with Crippen molar-refractivity contribution in [1.29, 1.82) is 0 Å². The molecule has 3 aliphatic heterocycles. The van der Waals surface area contributed by atoms with Crippen molar-refractivity contribution in [2.24, 2.45) is 11.8 Å². The molecule has 0 aromatic carbocycles. The fourth-order valence-electron chi connectivity index (χ4n) is 5.55. The molecule has 0 N–H and O–H groups in total. The molecule has 4 aliphatic rings. The van der Waals surface area contributed by atoms with Gasteiger partial charge < -0.3 is 14.5 Å². The second kappa shape index (κ2) is 6.59. The Kier molecular flexibility index (Phi) is 4.23. The second-order valence-electron chi connectivity index (χ2n) is 8.94. The maximum absolute atomic E-state index is 6.18. The zero-order valence-electron chi connectivity index (χ0n) is 16.2. The lowest BCUT2D eigenvalue weighted by Crippen LogP contribution is -2.55. The van der Waals surface area contributed by atoms with Crippen LogP contribution < -0.4 is 14.5 Å². The van der Waals surface area contributed by atoms with E-state index < -0.39 is 0 Å². The lowest BCUT2D eigenvalue weighted by molar-refractivity contribution is 0.172. The molecular formula is C21H32N4O. The van der Waals surface area contributed by atoms with Gasteiger partial charge in [0.25, 0.3) is 0 Å². The number of aromatic nitrogens is 1. The van der Waals surface area contributed by atoms with Crippen LogP contribution in [-0.2, 0) is 0 Å². The Balaban J connectivity index is 1.37. The van der Waals surface area contributed by atoms with Gasteiger partial charge in [-0.1, -0.05) is 6.42 Å². The molecule has 4 heterocycles. The summed E-state index contributed by atoms with van der Waals surface area (Å²) >= 11 is 0. The van der Waals surface area contributed by atoms with Crippen LogP contribution in [0.3, 0.4) is 0 Å². The minimum absolute atomic E-state index is 0.525. The molecule has 5 nitrogen and oxygen atoms in total. The highest BCUT2D eigenvalue weighted by molar-refractivity contribution is 5.62. The minimum Gasteiger partial charge on any atom is -0.490 e. The smallest absolute Gasteiger partial charge is 0.171 e. The summed E-state index contributed by atoms with van der Waals surface area (Å²) in [6, 6.07) is 3.41. The molecule has 3 fully saturated rings. The van der Waals surface area contributed by atoms with Gasteiger partial charge in [-0.05, 0) is 38.5 Å². The van der Waals surface area contributed by atoms with E-state index in [4.69, 9.17) is 9.72 Å². The fraction of sp³-hybridized carbons (Fsp3) is 0.762. The third-order valence-electron chi connectivity index (χ3n) is 7.14. The summed E-state index contributed by atoms with van der Waals surface area (Å²) in [5.74, 6) is 3.88. The van der Waals surface area contributed by atoms with Gasteiger partial charge in [0.2, 0.25) is 0 Å². The first kappa shape index (κ1) is 16.7. The van der Waals surface area contributed by atoms with Gasteiger partial charge >= 0.3 is 0 Å². The van der Waals surface area contributed by atoms with Crippen molar-refractivity contribution in [1.82, 2.24) is 9.88 Å². The van der Waals surface area contributed by atoms with Gasteiger partial charge in [0.15, 0.2) is 11.6 Å². The lowest BCUT2D eigenvalue weighted by atomic mass is 10.0. The fourth-order valence-corrected chi connectivity index (χ4v) is 5.55. The van der Waals surface area contributed by atoms with E-state index >= 15 is 0 Å². The normalized spacial score (nSPS) is 31.4. The predicted octanol–water partition coefficient (Wildman–Crippen LogP) is 3.00. The van der Waals surface area contributed by atoms with Gasteiger partial charge in [-0.3, -0.25) is 4.90 Å². The number of fused-ring (bicyclic) bond motifs is 4. The predicted molar refractivity (Wildman–Crippen MR) is 105 cm³/mol. The molecule has 0 amide bonds. The van der Waals surface area contributed by atoms with Crippen LogP contribution >= 0.6 is 0 Å². The summed E-state index contributed by atoms with van der Waals surface area (Å²) in [7, 11) is 0. The number of hydrogen-bond acceptors (Lipinski definition) is 5. The molecule has 5 heteroatoms. The van der Waals surface area contributed by atoms with Crippen molar-refractivity contribution in [2.75, 3.05) is 49.1 Å². The average molecular weight is 357 g/mol. The average Bonchev–Trinajstić information content (AvgIpc) is 3.18. The van der Waals surface area contributed by atoms with Crippen molar-refractivity contribution < 1.29 is 4.74 Å². The summed E-state index contributed by atoms with van der Waals surface area (Å²) in [6.07, 6.45) is 7.44. The summed E-state index contributed by atoms with van der Waals surface area (Å²) in [5.41, 5.74) is 1.26. The van der Waals surface area contributed by atoms with Crippen molar-refractivity contribution >= 4 is 11.5 Å². The number of piperazine rings is 1. The van der Waals surface area contributed by atoms with E-state index in [1.807, 2.05) is 0 Å². The molecule has 3 unspecified atom stereocenters. The molecule has 1 saturated carbocycles. The van der Waals surface area contributed by atoms with Gasteiger partial charge in [0.1, 0.15) is 0 Å². The molecule has 26 heavy (non-hydrogen) atoms. The summed E-state index contributed by atoms with van der Waals surface area (Å²) in [4.78, 5) is 12.5. The quantitative estimate of drug-likeness (QED) is 0.813. The maximum Gasteiger partial charge on any atom is 0.171 e. The van der Waals surface area contributed by atoms with Crippen LogP contribution in [0.1, 0.15) is 39.5 Å². The molecular weight excluding hydrogens is 324 g/mol. The molecule has 3 atom stereocenters. The Morgan fingerprint density at radius 1 is 1.08 bits per heavy atom. The topological polar surface area (TPSA) is 31.8 Å². The highest BCUT2D eigenvalue weighted by Gasteiger charge is 2.37. The van der Waals surface area contributed by atoms with Crippen LogP contribution in [0.15, 0.2) is 12.3 Å². The van der Waals surface area contributed by atoms with E-state index in [1.165, 1.54) is 38.0 Å². The first-order valence-corrected chi connectivity index (χ1v) is 10.6. The van der Waals surface area contributed by atoms with E-state index in [9.17, 15) is 0 Å². The van der Waals surface area contributed by atoms with Crippen LogP contribution in [0.2, 0.25) is 0 Å². The number of hydrogen-bond donors (Lipinski definition) is 0. The van der Waals surface area contributed by atoms with Crippen molar-refractivity contribution in [3.8, 4) is 5.75 Å². The summed E-state index contributed by atoms with van der Waals surface area (Å²) < 4.78 is 6.18. The first-order chi connectivity index (χ1) is 12.7. The highest BCUT2D eigenvalue weighted by Crippen LogP contribution is 2.41. The lowest BCUT2D eigenvalue weighted by Gasteiger charge is -2.42. The van der Waals surface area contributed by atoms with Gasteiger partial charge in [-0.25, -0.2) is 4.98 Å². The molecule has 0 bridgehead atoms. The number of pyridine rings is 1. The maximum atomic E-state index is 6.18. The van der Waals surface area contributed by atoms with Crippen LogP contribution in [0.4, 0.5) is 11.5 Å². The standard InChI is InChI=1S/C21H32N4O/c1-15(2)23-7-8-25-18(14-23)6-9-26-20-10-19(11-22-21(20)25)24-12-16-4-3-5-17(16)13-24/h10-11,15-18H,3-9,12-14H2,1-2H3. The van der Waals surface area contributed by atoms with E-state index in [0.29, 0.717) is 12.1 Å². The van der Waals surface area contributed by atoms with Crippen LogP contribution in [0.25, 0.3) is 0 Å². The Morgan fingerprint density at radius 3 is 2.65 bits per heavy atom. The molecule has 1 aromatic heterocycles. The molecule has 0 spiro atoms. The Hall–Kier alpha value is -1.49. The van der Waals surface area contributed by atoms with E-state index in [2.05, 4.69) is 40.8 Å². The van der Waals surface area contributed by atoms with Crippen molar-refractivity contribution in [3.63, 3.8) is 0 Å². The SMILES string of the molecule is CC(C)N1CCN2c3ncc(N4CC5CCCC5C4)cc3OCCC2C1.